The second kappa shape index (κ2) is 7.67. The Labute approximate surface area is 174 Å². The van der Waals surface area contributed by atoms with Gasteiger partial charge in [-0.15, -0.1) is 0 Å². The summed E-state index contributed by atoms with van der Waals surface area (Å²) in [4.78, 5) is 24.0. The summed E-state index contributed by atoms with van der Waals surface area (Å²) in [6.45, 7) is 1.81. The Bertz CT molecular complexity index is 1070. The van der Waals surface area contributed by atoms with Crippen molar-refractivity contribution in [1.29, 1.82) is 0 Å². The van der Waals surface area contributed by atoms with Gasteiger partial charge < -0.3 is 9.84 Å². The number of amides is 1. The predicted octanol–water partition coefficient (Wildman–Crippen LogP) is 4.51. The van der Waals surface area contributed by atoms with Crippen LogP contribution >= 0.6 is 0 Å². The number of carbonyl (C=O) groups is 2. The Morgan fingerprint density at radius 1 is 1.13 bits per heavy atom. The van der Waals surface area contributed by atoms with Crippen LogP contribution in [-0.4, -0.2) is 26.9 Å². The van der Waals surface area contributed by atoms with Crippen molar-refractivity contribution in [2.45, 2.75) is 31.3 Å². The first-order chi connectivity index (χ1) is 14.4. The topological polar surface area (TPSA) is 93.4 Å². The number of carboxylic acids is 1. The van der Waals surface area contributed by atoms with E-state index in [1.807, 2.05) is 61.5 Å². The zero-order chi connectivity index (χ0) is 21.3. The summed E-state index contributed by atoms with van der Waals surface area (Å²) >= 11 is 0. The van der Waals surface area contributed by atoms with Gasteiger partial charge in [-0.05, 0) is 36.5 Å². The van der Waals surface area contributed by atoms with E-state index in [9.17, 15) is 14.7 Å². The maximum absolute atomic E-state index is 12.5. The van der Waals surface area contributed by atoms with E-state index in [4.69, 9.17) is 4.74 Å². The number of carboxylic acid groups (broad SMARTS) is 1. The number of aryl methyl sites for hydroxylation is 1. The summed E-state index contributed by atoms with van der Waals surface area (Å²) in [5, 5.41) is 16.5. The van der Waals surface area contributed by atoms with Crippen molar-refractivity contribution >= 4 is 17.9 Å². The van der Waals surface area contributed by atoms with Crippen LogP contribution in [0.15, 0.2) is 60.8 Å². The van der Waals surface area contributed by atoms with Gasteiger partial charge in [-0.2, -0.15) is 5.10 Å². The summed E-state index contributed by atoms with van der Waals surface area (Å²) in [6.07, 6.45) is 2.01. The summed E-state index contributed by atoms with van der Waals surface area (Å²) in [7, 11) is 1.73. The zero-order valence-corrected chi connectivity index (χ0v) is 16.8. The fourth-order valence-corrected chi connectivity index (χ4v) is 3.60. The van der Waals surface area contributed by atoms with Gasteiger partial charge in [0, 0.05) is 12.6 Å². The molecule has 1 aliphatic carbocycles. The molecule has 1 unspecified atom stereocenters. The van der Waals surface area contributed by atoms with Crippen LogP contribution in [0.1, 0.15) is 37.0 Å². The molecule has 0 saturated heterocycles. The average Bonchev–Trinajstić information content (AvgIpc) is 3.49. The van der Waals surface area contributed by atoms with Crippen LogP contribution < -0.4 is 5.32 Å². The number of rotatable bonds is 6. The third-order valence-electron chi connectivity index (χ3n) is 5.62. The lowest BCUT2D eigenvalue weighted by atomic mass is 9.94. The Morgan fingerprint density at radius 2 is 1.80 bits per heavy atom. The predicted molar refractivity (Wildman–Crippen MR) is 112 cm³/mol. The number of hydrogen-bond donors (Lipinski definition) is 2. The van der Waals surface area contributed by atoms with Gasteiger partial charge in [0.1, 0.15) is 11.9 Å². The first-order valence-electron chi connectivity index (χ1n) is 9.79. The van der Waals surface area contributed by atoms with E-state index in [-0.39, 0.29) is 0 Å². The molecule has 2 aromatic carbocycles. The smallest absolute Gasteiger partial charge is 0.413 e. The summed E-state index contributed by atoms with van der Waals surface area (Å²) in [5.74, 6) is -0.276. The molecule has 30 heavy (non-hydrogen) atoms. The molecular formula is C23H23N3O4. The summed E-state index contributed by atoms with van der Waals surface area (Å²) < 4.78 is 7.06. The van der Waals surface area contributed by atoms with Gasteiger partial charge >= 0.3 is 12.1 Å². The number of nitrogens with zero attached hydrogens (tertiary/aromatic N) is 2. The van der Waals surface area contributed by atoms with Gasteiger partial charge in [-0.1, -0.05) is 54.6 Å². The van der Waals surface area contributed by atoms with Crippen molar-refractivity contribution in [1.82, 2.24) is 9.78 Å². The second-order valence-electron chi connectivity index (χ2n) is 7.58. The lowest BCUT2D eigenvalue weighted by Crippen LogP contribution is -2.19. The highest BCUT2D eigenvalue weighted by Crippen LogP contribution is 2.48. The van der Waals surface area contributed by atoms with Gasteiger partial charge in [0.2, 0.25) is 0 Å². The number of carbonyl (C=O) groups excluding carboxylic acids is 1. The first kappa shape index (κ1) is 19.7. The SMILES string of the molecule is CC(OC(=O)Nc1c(-c2ccc(C3(C(=O)O)CC3)cc2)cnn1C)c1ccccc1. The average molecular weight is 405 g/mol. The fraction of sp³-hybridized carbons (Fsp3) is 0.261. The van der Waals surface area contributed by atoms with Crippen molar-refractivity contribution in [3.8, 4) is 11.1 Å². The quantitative estimate of drug-likeness (QED) is 0.629. The number of ether oxygens (including phenoxy) is 1. The number of hydrogen-bond acceptors (Lipinski definition) is 4. The molecule has 0 radical (unpaired) electrons. The highest BCUT2D eigenvalue weighted by Gasteiger charge is 2.51. The van der Waals surface area contributed by atoms with Crippen LogP contribution in [-0.2, 0) is 22.0 Å². The van der Waals surface area contributed by atoms with Crippen LogP contribution in [0.5, 0.6) is 0 Å². The van der Waals surface area contributed by atoms with Crippen LogP contribution in [0.3, 0.4) is 0 Å². The molecule has 1 heterocycles. The summed E-state index contributed by atoms with van der Waals surface area (Å²) in [6, 6.07) is 16.9. The Kier molecular flexibility index (Phi) is 5.03. The fourth-order valence-electron chi connectivity index (χ4n) is 3.60. The van der Waals surface area contributed by atoms with Gasteiger partial charge in [0.25, 0.3) is 0 Å². The Balaban J connectivity index is 1.51. The standard InChI is InChI=1S/C23H23N3O4/c1-15(16-6-4-3-5-7-16)30-22(29)25-20-19(14-24-26(20)2)17-8-10-18(11-9-17)23(12-13-23)21(27)28/h3-11,14-15H,12-13H2,1-2H3,(H,25,29)(H,27,28). The monoisotopic (exact) mass is 405 g/mol. The van der Waals surface area contributed by atoms with E-state index in [2.05, 4.69) is 10.4 Å². The van der Waals surface area contributed by atoms with Crippen molar-refractivity contribution in [3.63, 3.8) is 0 Å². The number of anilines is 1. The number of benzene rings is 2. The van der Waals surface area contributed by atoms with Crippen molar-refractivity contribution < 1.29 is 19.4 Å². The zero-order valence-electron chi connectivity index (χ0n) is 16.8. The molecule has 7 heteroatoms. The Hall–Kier alpha value is -3.61. The normalized spacial score (nSPS) is 15.3. The van der Waals surface area contributed by atoms with E-state index in [0.717, 1.165) is 22.3 Å². The molecule has 1 aromatic heterocycles. The van der Waals surface area contributed by atoms with Crippen LogP contribution in [0.25, 0.3) is 11.1 Å². The van der Waals surface area contributed by atoms with Crippen molar-refractivity contribution in [2.75, 3.05) is 5.32 Å². The van der Waals surface area contributed by atoms with Crippen LogP contribution in [0, 0.1) is 0 Å². The molecule has 7 nitrogen and oxygen atoms in total. The third-order valence-corrected chi connectivity index (χ3v) is 5.62. The summed E-state index contributed by atoms with van der Waals surface area (Å²) in [5.41, 5.74) is 2.52. The van der Waals surface area contributed by atoms with Gasteiger partial charge in [-0.3, -0.25) is 14.8 Å². The molecular weight excluding hydrogens is 382 g/mol. The lowest BCUT2D eigenvalue weighted by Gasteiger charge is -2.15. The molecule has 0 bridgehead atoms. The van der Waals surface area contributed by atoms with Gasteiger partial charge in [-0.25, -0.2) is 4.79 Å². The van der Waals surface area contributed by atoms with E-state index >= 15 is 0 Å². The molecule has 1 aliphatic rings. The molecule has 1 amide bonds. The van der Waals surface area contributed by atoms with E-state index in [0.29, 0.717) is 18.7 Å². The molecule has 0 aliphatic heterocycles. The highest BCUT2D eigenvalue weighted by molar-refractivity contribution is 5.90. The third kappa shape index (κ3) is 3.66. The van der Waals surface area contributed by atoms with E-state index in [1.165, 1.54) is 0 Å². The molecule has 4 rings (SSSR count). The minimum Gasteiger partial charge on any atom is -0.481 e. The number of aromatic nitrogens is 2. The molecule has 0 spiro atoms. The van der Waals surface area contributed by atoms with E-state index in [1.54, 1.807) is 17.9 Å². The van der Waals surface area contributed by atoms with Crippen molar-refractivity contribution in [3.05, 3.63) is 71.9 Å². The maximum atomic E-state index is 12.5. The molecule has 154 valence electrons. The molecule has 1 fully saturated rings. The second-order valence-corrected chi connectivity index (χ2v) is 7.58. The van der Waals surface area contributed by atoms with Gasteiger partial charge in [0.15, 0.2) is 0 Å². The minimum absolute atomic E-state index is 0.395. The Morgan fingerprint density at radius 3 is 2.40 bits per heavy atom. The van der Waals surface area contributed by atoms with Gasteiger partial charge in [0.05, 0.1) is 11.6 Å². The molecule has 3 aromatic rings. The van der Waals surface area contributed by atoms with E-state index < -0.39 is 23.6 Å². The molecule has 1 atom stereocenters. The lowest BCUT2D eigenvalue weighted by molar-refractivity contribution is -0.140. The first-order valence-corrected chi connectivity index (χ1v) is 9.79. The largest absolute Gasteiger partial charge is 0.481 e. The van der Waals surface area contributed by atoms with Crippen LogP contribution in [0.4, 0.5) is 10.6 Å². The number of aliphatic carboxylic acids is 1. The number of nitrogens with one attached hydrogen (secondary N) is 1. The molecule has 1 saturated carbocycles. The highest BCUT2D eigenvalue weighted by atomic mass is 16.6. The van der Waals surface area contributed by atoms with Crippen molar-refractivity contribution in [2.24, 2.45) is 7.05 Å². The molecule has 2 N–H and O–H groups in total. The van der Waals surface area contributed by atoms with Crippen LogP contribution in [0.2, 0.25) is 0 Å². The maximum Gasteiger partial charge on any atom is 0.413 e. The minimum atomic E-state index is -0.783.